The molecule has 0 bridgehead atoms. The SMILES string of the molecule is CO[N+](=O)c1cccc(CCC2=CCCN(C(=O)OC(C)(C)C)CC2CO)c1. The molecule has 1 amide bonds. The molecule has 0 aliphatic carbocycles. The summed E-state index contributed by atoms with van der Waals surface area (Å²) in [5, 5.41) is 9.88. The molecule has 1 aliphatic rings. The van der Waals surface area contributed by atoms with Gasteiger partial charge in [-0.25, -0.2) is 9.63 Å². The number of carbonyl (C=O) groups excluding carboxylic acids is 1. The summed E-state index contributed by atoms with van der Waals surface area (Å²) in [5.41, 5.74) is 2.05. The number of aryl methyl sites for hydroxylation is 1. The molecule has 1 aromatic carbocycles. The van der Waals surface area contributed by atoms with Gasteiger partial charge in [-0.1, -0.05) is 23.8 Å². The van der Waals surface area contributed by atoms with Crippen molar-refractivity contribution in [2.75, 3.05) is 26.8 Å². The number of benzene rings is 1. The molecule has 1 aliphatic heterocycles. The highest BCUT2D eigenvalue weighted by Crippen LogP contribution is 2.25. The van der Waals surface area contributed by atoms with Crippen molar-refractivity contribution in [3.05, 3.63) is 46.4 Å². The standard InChI is InChI=1S/C21H31N2O5/c1-21(2,3)28-20(25)22-12-6-8-17(18(14-22)15-24)11-10-16-7-5-9-19(13-16)23(26)27-4/h5,7-9,13,18,24H,6,10-12,14-15H2,1-4H3/q+1. The van der Waals surface area contributed by atoms with Gasteiger partial charge in [-0.05, 0) is 45.6 Å². The number of carbonyl (C=O) groups is 1. The van der Waals surface area contributed by atoms with Gasteiger partial charge < -0.3 is 14.7 Å². The van der Waals surface area contributed by atoms with E-state index in [0.29, 0.717) is 23.7 Å². The van der Waals surface area contributed by atoms with Crippen LogP contribution in [0.4, 0.5) is 10.5 Å². The molecule has 0 saturated carbocycles. The molecular weight excluding hydrogens is 360 g/mol. The Morgan fingerprint density at radius 3 is 2.71 bits per heavy atom. The number of aliphatic hydroxyl groups excluding tert-OH is 1. The summed E-state index contributed by atoms with van der Waals surface area (Å²) in [6.45, 7) is 6.52. The van der Waals surface area contributed by atoms with Crippen LogP contribution in [0.3, 0.4) is 0 Å². The van der Waals surface area contributed by atoms with E-state index in [1.54, 1.807) is 17.0 Å². The Balaban J connectivity index is 2.01. The highest BCUT2D eigenvalue weighted by Gasteiger charge is 2.27. The van der Waals surface area contributed by atoms with E-state index in [1.807, 2.05) is 32.9 Å². The first-order valence-corrected chi connectivity index (χ1v) is 9.61. The second-order valence-corrected chi connectivity index (χ2v) is 7.98. The Bertz CT molecular complexity index is 724. The molecule has 7 heteroatoms. The normalized spacial score (nSPS) is 17.5. The molecule has 0 fully saturated rings. The molecule has 1 atom stereocenters. The maximum absolute atomic E-state index is 12.4. The number of amides is 1. The van der Waals surface area contributed by atoms with Gasteiger partial charge in [0.2, 0.25) is 0 Å². The minimum absolute atomic E-state index is 0.0246. The third-order valence-corrected chi connectivity index (χ3v) is 4.63. The van der Waals surface area contributed by atoms with E-state index in [4.69, 9.17) is 4.74 Å². The zero-order chi connectivity index (χ0) is 20.7. The second kappa shape index (κ2) is 9.68. The minimum atomic E-state index is -0.545. The second-order valence-electron chi connectivity index (χ2n) is 7.98. The van der Waals surface area contributed by atoms with Crippen molar-refractivity contribution in [2.45, 2.75) is 45.6 Å². The Labute approximate surface area is 166 Å². The predicted molar refractivity (Wildman–Crippen MR) is 106 cm³/mol. The zero-order valence-corrected chi connectivity index (χ0v) is 17.2. The van der Waals surface area contributed by atoms with E-state index in [-0.39, 0.29) is 18.6 Å². The van der Waals surface area contributed by atoms with Crippen molar-refractivity contribution in [1.29, 1.82) is 0 Å². The van der Waals surface area contributed by atoms with E-state index in [9.17, 15) is 14.8 Å². The molecule has 0 saturated heterocycles. The molecule has 154 valence electrons. The van der Waals surface area contributed by atoms with Crippen LogP contribution in [0.5, 0.6) is 0 Å². The molecule has 2 rings (SSSR count). The minimum Gasteiger partial charge on any atom is -0.444 e. The number of nitrogens with zero attached hydrogens (tertiary/aromatic N) is 2. The average molecular weight is 391 g/mol. The summed E-state index contributed by atoms with van der Waals surface area (Å²) in [5.74, 6) is -0.117. The summed E-state index contributed by atoms with van der Waals surface area (Å²) in [6.07, 6.45) is 3.99. The number of ether oxygens (including phenoxy) is 1. The first-order valence-electron chi connectivity index (χ1n) is 9.61. The van der Waals surface area contributed by atoms with Gasteiger partial charge in [0.1, 0.15) is 5.60 Å². The molecule has 0 radical (unpaired) electrons. The van der Waals surface area contributed by atoms with Gasteiger partial charge in [0.15, 0.2) is 7.11 Å². The lowest BCUT2D eigenvalue weighted by Gasteiger charge is -2.28. The molecule has 1 N–H and O–H groups in total. The summed E-state index contributed by atoms with van der Waals surface area (Å²) < 4.78 is 5.47. The van der Waals surface area contributed by atoms with Crippen molar-refractivity contribution in [3.8, 4) is 0 Å². The van der Waals surface area contributed by atoms with Crippen molar-refractivity contribution >= 4 is 11.8 Å². The van der Waals surface area contributed by atoms with Crippen LogP contribution in [0.15, 0.2) is 35.9 Å². The van der Waals surface area contributed by atoms with Crippen LogP contribution >= 0.6 is 0 Å². The fourth-order valence-electron chi connectivity index (χ4n) is 3.24. The number of aliphatic hydroxyl groups is 1. The fourth-order valence-corrected chi connectivity index (χ4v) is 3.24. The quantitative estimate of drug-likeness (QED) is 0.590. The predicted octanol–water partition coefficient (Wildman–Crippen LogP) is 3.77. The third kappa shape index (κ3) is 6.34. The van der Waals surface area contributed by atoms with E-state index in [2.05, 4.69) is 10.9 Å². The molecule has 1 aromatic rings. The Hall–Kier alpha value is -2.41. The van der Waals surface area contributed by atoms with E-state index in [1.165, 1.54) is 7.11 Å². The Kier molecular flexibility index (Phi) is 7.57. The van der Waals surface area contributed by atoms with Crippen LogP contribution in [-0.4, -0.2) is 53.4 Å². The van der Waals surface area contributed by atoms with Crippen LogP contribution in [0, 0.1) is 10.8 Å². The largest absolute Gasteiger partial charge is 0.444 e. The molecule has 28 heavy (non-hydrogen) atoms. The molecule has 1 heterocycles. The van der Waals surface area contributed by atoms with Gasteiger partial charge in [-0.2, -0.15) is 0 Å². The molecule has 0 aromatic heterocycles. The summed E-state index contributed by atoms with van der Waals surface area (Å²) >= 11 is 0. The fraction of sp³-hybridized carbons (Fsp3) is 0.571. The lowest BCUT2D eigenvalue weighted by Crippen LogP contribution is -2.40. The maximum Gasteiger partial charge on any atom is 0.410 e. The van der Waals surface area contributed by atoms with Gasteiger partial charge in [-0.15, -0.1) is 0 Å². The number of hydrogen-bond acceptors (Lipinski definition) is 5. The lowest BCUT2D eigenvalue weighted by molar-refractivity contribution is -0.736. The summed E-state index contributed by atoms with van der Waals surface area (Å²) in [4.78, 5) is 30.8. The van der Waals surface area contributed by atoms with Gasteiger partial charge in [0.05, 0.1) is 11.5 Å². The highest BCUT2D eigenvalue weighted by atomic mass is 16.8. The van der Waals surface area contributed by atoms with E-state index >= 15 is 0 Å². The van der Waals surface area contributed by atoms with Gasteiger partial charge in [0, 0.05) is 31.1 Å². The van der Waals surface area contributed by atoms with Gasteiger partial charge in [0.25, 0.3) is 4.92 Å². The maximum atomic E-state index is 12.4. The van der Waals surface area contributed by atoms with Crippen LogP contribution in [0.25, 0.3) is 0 Å². The van der Waals surface area contributed by atoms with Crippen LogP contribution in [0.2, 0.25) is 0 Å². The molecule has 1 unspecified atom stereocenters. The van der Waals surface area contributed by atoms with Crippen LogP contribution in [0.1, 0.15) is 39.2 Å². The Morgan fingerprint density at radius 2 is 2.07 bits per heavy atom. The van der Waals surface area contributed by atoms with E-state index < -0.39 is 5.60 Å². The molecular formula is C21H31N2O5+. The first kappa shape index (κ1) is 21.9. The molecule has 7 nitrogen and oxygen atoms in total. The smallest absolute Gasteiger partial charge is 0.410 e. The number of hydrogen-bond donors (Lipinski definition) is 1. The van der Waals surface area contributed by atoms with Gasteiger partial charge >= 0.3 is 11.8 Å². The summed E-state index contributed by atoms with van der Waals surface area (Å²) in [7, 11) is 1.33. The van der Waals surface area contributed by atoms with E-state index in [0.717, 1.165) is 30.4 Å². The molecule has 0 spiro atoms. The zero-order valence-electron chi connectivity index (χ0n) is 17.2. The highest BCUT2D eigenvalue weighted by molar-refractivity contribution is 5.68. The van der Waals surface area contributed by atoms with Crippen molar-refractivity contribution < 1.29 is 24.4 Å². The van der Waals surface area contributed by atoms with Gasteiger partial charge in [-0.3, -0.25) is 0 Å². The average Bonchev–Trinajstić information content (AvgIpc) is 2.86. The van der Waals surface area contributed by atoms with Crippen LogP contribution < -0.4 is 0 Å². The number of rotatable bonds is 6. The topological polar surface area (TPSA) is 79.1 Å². The van der Waals surface area contributed by atoms with Crippen molar-refractivity contribution in [3.63, 3.8) is 0 Å². The lowest BCUT2D eigenvalue weighted by atomic mass is 9.93. The first-order chi connectivity index (χ1) is 13.2. The van der Waals surface area contributed by atoms with Crippen molar-refractivity contribution in [2.24, 2.45) is 5.92 Å². The summed E-state index contributed by atoms with van der Waals surface area (Å²) in [6, 6.07) is 7.28. The Morgan fingerprint density at radius 1 is 1.32 bits per heavy atom. The monoisotopic (exact) mass is 391 g/mol. The van der Waals surface area contributed by atoms with Crippen LogP contribution in [-0.2, 0) is 16.0 Å². The van der Waals surface area contributed by atoms with Crippen molar-refractivity contribution in [1.82, 2.24) is 4.90 Å². The third-order valence-electron chi connectivity index (χ3n) is 4.63.